The molecule has 0 spiro atoms. The summed E-state index contributed by atoms with van der Waals surface area (Å²) in [5, 5.41) is 0. The van der Waals surface area contributed by atoms with Crippen LogP contribution in [-0.4, -0.2) is 19.9 Å². The van der Waals surface area contributed by atoms with Crippen LogP contribution in [-0.2, 0) is 14.4 Å². The summed E-state index contributed by atoms with van der Waals surface area (Å²) in [4.78, 5) is 3.76. The Hall–Kier alpha value is -0.980. The van der Waals surface area contributed by atoms with E-state index in [-0.39, 0.29) is 4.90 Å². The molecule has 6 heteroatoms. The normalized spacial score (nSPS) is 11.5. The number of unbranched alkanes of at least 4 members (excludes halogenated alkanes) is 1. The van der Waals surface area contributed by atoms with Crippen LogP contribution in [0.15, 0.2) is 29.4 Å². The van der Waals surface area contributed by atoms with Crippen molar-refractivity contribution in [3.63, 3.8) is 0 Å². The van der Waals surface area contributed by atoms with Crippen molar-refractivity contribution in [1.29, 1.82) is 0 Å². The molecular weight excluding hydrogens is 216 g/mol. The van der Waals surface area contributed by atoms with Crippen molar-refractivity contribution in [2.24, 2.45) is 0 Å². The summed E-state index contributed by atoms with van der Waals surface area (Å²) in [6, 6.07) is 2.98. The Balaban J connectivity index is 2.53. The molecule has 0 radical (unpaired) electrons. The first-order valence-electron chi connectivity index (χ1n) is 4.73. The van der Waals surface area contributed by atoms with E-state index < -0.39 is 10.1 Å². The predicted molar refractivity (Wildman–Crippen MR) is 55.4 cm³/mol. The van der Waals surface area contributed by atoms with Gasteiger partial charge in [-0.25, -0.2) is 0 Å². The summed E-state index contributed by atoms with van der Waals surface area (Å²) in [6.45, 7) is 2.52. The monoisotopic (exact) mass is 230 g/mol. The smallest absolute Gasteiger partial charge is 0.263 e. The lowest BCUT2D eigenvalue weighted by molar-refractivity contribution is 0.202. The lowest BCUT2D eigenvalue weighted by atomic mass is 10.3. The second-order valence-electron chi connectivity index (χ2n) is 2.97. The molecule has 0 saturated carbocycles. The maximum Gasteiger partial charge on any atom is 0.314 e. The Morgan fingerprint density at radius 3 is 2.93 bits per heavy atom. The third kappa shape index (κ3) is 3.94. The number of nitrogens with zero attached hydrogens (tertiary/aromatic N) is 1. The standard InChI is InChI=1S/C9H14N2O3S/c1-2-3-7-11-14-15(12,13)9-5-4-6-10-8-9/h4-6,8,11H,2-3,7H2,1H3. The molecule has 0 aromatic carbocycles. The van der Waals surface area contributed by atoms with Gasteiger partial charge in [0.2, 0.25) is 0 Å². The Morgan fingerprint density at radius 1 is 1.53 bits per heavy atom. The Kier molecular flexibility index (Phi) is 4.67. The van der Waals surface area contributed by atoms with Crippen molar-refractivity contribution in [3.8, 4) is 0 Å². The average molecular weight is 230 g/mol. The van der Waals surface area contributed by atoms with E-state index in [1.807, 2.05) is 6.92 Å². The van der Waals surface area contributed by atoms with Crippen LogP contribution in [0, 0.1) is 0 Å². The van der Waals surface area contributed by atoms with E-state index >= 15 is 0 Å². The van der Waals surface area contributed by atoms with Gasteiger partial charge >= 0.3 is 10.1 Å². The minimum Gasteiger partial charge on any atom is -0.263 e. The van der Waals surface area contributed by atoms with Crippen molar-refractivity contribution in [1.82, 2.24) is 10.5 Å². The highest BCUT2D eigenvalue weighted by atomic mass is 32.2. The molecule has 5 nitrogen and oxygen atoms in total. The van der Waals surface area contributed by atoms with E-state index in [1.165, 1.54) is 18.5 Å². The summed E-state index contributed by atoms with van der Waals surface area (Å²) in [6.07, 6.45) is 4.59. The van der Waals surface area contributed by atoms with Crippen LogP contribution in [0.2, 0.25) is 0 Å². The van der Waals surface area contributed by atoms with Crippen LogP contribution in [0.5, 0.6) is 0 Å². The van der Waals surface area contributed by atoms with E-state index in [0.717, 1.165) is 12.8 Å². The highest BCUT2D eigenvalue weighted by Gasteiger charge is 2.14. The Morgan fingerprint density at radius 2 is 2.33 bits per heavy atom. The molecule has 1 heterocycles. The minimum atomic E-state index is -3.71. The maximum absolute atomic E-state index is 11.5. The number of hydrogen-bond donors (Lipinski definition) is 1. The highest BCUT2D eigenvalue weighted by molar-refractivity contribution is 7.86. The summed E-state index contributed by atoms with van der Waals surface area (Å²) in [7, 11) is -3.71. The molecule has 0 saturated heterocycles. The first kappa shape index (κ1) is 12.1. The minimum absolute atomic E-state index is 0.0500. The molecule has 0 aliphatic rings. The zero-order valence-corrected chi connectivity index (χ0v) is 9.33. The van der Waals surface area contributed by atoms with Crippen molar-refractivity contribution >= 4 is 10.1 Å². The lowest BCUT2D eigenvalue weighted by Gasteiger charge is -2.04. The fourth-order valence-corrected chi connectivity index (χ4v) is 1.68. The topological polar surface area (TPSA) is 68.3 Å². The number of nitrogens with one attached hydrogen (secondary N) is 1. The van der Waals surface area contributed by atoms with E-state index in [9.17, 15) is 8.42 Å². The van der Waals surface area contributed by atoms with E-state index in [0.29, 0.717) is 6.54 Å². The zero-order chi connectivity index (χ0) is 11.1. The van der Waals surface area contributed by atoms with Crippen LogP contribution in [0.4, 0.5) is 0 Å². The maximum atomic E-state index is 11.5. The third-order valence-electron chi connectivity index (χ3n) is 1.72. The van der Waals surface area contributed by atoms with Gasteiger partial charge in [-0.1, -0.05) is 13.3 Å². The zero-order valence-electron chi connectivity index (χ0n) is 8.51. The lowest BCUT2D eigenvalue weighted by Crippen LogP contribution is -2.21. The number of rotatable bonds is 6. The Bertz CT molecular complexity index is 378. The number of hydroxylamine groups is 1. The molecule has 1 N–H and O–H groups in total. The SMILES string of the molecule is CCCCNOS(=O)(=O)c1cccnc1. The molecular formula is C9H14N2O3S. The van der Waals surface area contributed by atoms with Crippen molar-refractivity contribution in [3.05, 3.63) is 24.5 Å². The van der Waals surface area contributed by atoms with Crippen molar-refractivity contribution in [2.45, 2.75) is 24.7 Å². The van der Waals surface area contributed by atoms with Gasteiger partial charge in [0.1, 0.15) is 4.90 Å². The molecule has 0 aliphatic heterocycles. The largest absolute Gasteiger partial charge is 0.314 e. The van der Waals surface area contributed by atoms with E-state index in [1.54, 1.807) is 6.07 Å². The molecule has 0 unspecified atom stereocenters. The third-order valence-corrected chi connectivity index (χ3v) is 2.88. The molecule has 1 aromatic rings. The van der Waals surface area contributed by atoms with Crippen LogP contribution >= 0.6 is 0 Å². The van der Waals surface area contributed by atoms with E-state index in [4.69, 9.17) is 0 Å². The van der Waals surface area contributed by atoms with Gasteiger partial charge in [0.15, 0.2) is 0 Å². The van der Waals surface area contributed by atoms with Gasteiger partial charge in [-0.3, -0.25) is 4.98 Å². The molecule has 0 atom stereocenters. The molecule has 1 aromatic heterocycles. The molecule has 0 aliphatic carbocycles. The fourth-order valence-electron chi connectivity index (χ4n) is 0.911. The Labute approximate surface area is 89.6 Å². The molecule has 0 amide bonds. The predicted octanol–water partition coefficient (Wildman–Crippen LogP) is 1.09. The number of pyridine rings is 1. The second-order valence-corrected chi connectivity index (χ2v) is 4.52. The first-order chi connectivity index (χ1) is 7.17. The van der Waals surface area contributed by atoms with Gasteiger partial charge in [-0.15, -0.1) is 0 Å². The van der Waals surface area contributed by atoms with Crippen LogP contribution in [0.1, 0.15) is 19.8 Å². The van der Waals surface area contributed by atoms with Crippen molar-refractivity contribution < 1.29 is 12.7 Å². The number of aromatic nitrogens is 1. The van der Waals surface area contributed by atoms with Crippen LogP contribution < -0.4 is 5.48 Å². The molecule has 15 heavy (non-hydrogen) atoms. The van der Waals surface area contributed by atoms with Gasteiger partial charge in [-0.2, -0.15) is 18.2 Å². The number of hydrogen-bond acceptors (Lipinski definition) is 5. The van der Waals surface area contributed by atoms with Gasteiger partial charge in [0, 0.05) is 18.9 Å². The van der Waals surface area contributed by atoms with Gasteiger partial charge < -0.3 is 0 Å². The summed E-state index contributed by atoms with van der Waals surface area (Å²) in [5.41, 5.74) is 2.41. The van der Waals surface area contributed by atoms with Gasteiger partial charge in [0.25, 0.3) is 0 Å². The molecule has 0 fully saturated rings. The van der Waals surface area contributed by atoms with Crippen LogP contribution in [0.25, 0.3) is 0 Å². The molecule has 1 rings (SSSR count). The average Bonchev–Trinajstić information content (AvgIpc) is 2.26. The summed E-state index contributed by atoms with van der Waals surface area (Å²) >= 11 is 0. The summed E-state index contributed by atoms with van der Waals surface area (Å²) < 4.78 is 27.5. The van der Waals surface area contributed by atoms with Gasteiger partial charge in [0.05, 0.1) is 0 Å². The van der Waals surface area contributed by atoms with Gasteiger partial charge in [-0.05, 0) is 18.6 Å². The van der Waals surface area contributed by atoms with Crippen molar-refractivity contribution in [2.75, 3.05) is 6.54 Å². The molecule has 84 valence electrons. The second kappa shape index (κ2) is 5.79. The van der Waals surface area contributed by atoms with Crippen LogP contribution in [0.3, 0.4) is 0 Å². The first-order valence-corrected chi connectivity index (χ1v) is 6.14. The summed E-state index contributed by atoms with van der Waals surface area (Å²) in [5.74, 6) is 0. The van der Waals surface area contributed by atoms with E-state index in [2.05, 4.69) is 14.7 Å². The molecule has 0 bridgehead atoms. The highest BCUT2D eigenvalue weighted by Crippen LogP contribution is 2.07. The fraction of sp³-hybridized carbons (Fsp3) is 0.444. The quantitative estimate of drug-likeness (QED) is 0.585.